The van der Waals surface area contributed by atoms with Crippen molar-refractivity contribution in [1.29, 1.82) is 0 Å². The van der Waals surface area contributed by atoms with Gasteiger partial charge in [-0.1, -0.05) is 28.8 Å². The van der Waals surface area contributed by atoms with Gasteiger partial charge in [-0.05, 0) is 54.7 Å². The molecule has 1 heterocycles. The molecular formula is C17H22BrNO2. The predicted octanol–water partition coefficient (Wildman–Crippen LogP) is 4.38. The Bertz CT molecular complexity index is 566. The molecule has 0 aliphatic carbocycles. The number of aliphatic hydroxyl groups is 1. The molecule has 0 radical (unpaired) electrons. The number of benzene rings is 1. The van der Waals surface area contributed by atoms with Crippen LogP contribution in [0.25, 0.3) is 11.3 Å². The average molecular weight is 352 g/mol. The summed E-state index contributed by atoms with van der Waals surface area (Å²) in [6.07, 6.45) is 8.13. The normalized spacial score (nSPS) is 11.0. The second-order valence-electron chi connectivity index (χ2n) is 5.28. The molecule has 3 nitrogen and oxygen atoms in total. The van der Waals surface area contributed by atoms with E-state index in [0.717, 1.165) is 23.0 Å². The van der Waals surface area contributed by atoms with Crippen molar-refractivity contribution in [2.45, 2.75) is 38.7 Å². The smallest absolute Gasteiger partial charge is 0.121 e. The van der Waals surface area contributed by atoms with Crippen LogP contribution in [0.5, 0.6) is 5.75 Å². The highest BCUT2D eigenvalue weighted by Crippen LogP contribution is 2.26. The summed E-state index contributed by atoms with van der Waals surface area (Å²) in [4.78, 5) is 3.27. The first-order chi connectivity index (χ1) is 10.2. The Morgan fingerprint density at radius 1 is 1.05 bits per heavy atom. The molecule has 1 aromatic heterocycles. The quantitative estimate of drug-likeness (QED) is 0.488. The second kappa shape index (κ2) is 8.25. The van der Waals surface area contributed by atoms with E-state index in [9.17, 15) is 10.2 Å². The summed E-state index contributed by atoms with van der Waals surface area (Å²) >= 11 is 3.45. The Morgan fingerprint density at radius 2 is 1.86 bits per heavy atom. The molecule has 0 amide bonds. The summed E-state index contributed by atoms with van der Waals surface area (Å²) in [5.41, 5.74) is 3.88. The molecule has 3 N–H and O–H groups in total. The number of aliphatic hydroxyl groups excluding tert-OH is 1. The zero-order chi connectivity index (χ0) is 15.1. The number of hydrogen-bond acceptors (Lipinski definition) is 2. The van der Waals surface area contributed by atoms with E-state index in [0.29, 0.717) is 5.56 Å². The molecule has 0 saturated carbocycles. The molecule has 0 bridgehead atoms. The lowest BCUT2D eigenvalue weighted by Gasteiger charge is -2.04. The van der Waals surface area contributed by atoms with Crippen LogP contribution in [0.3, 0.4) is 0 Å². The molecule has 0 unspecified atom stereocenters. The van der Waals surface area contributed by atoms with Crippen molar-refractivity contribution in [2.75, 3.05) is 5.33 Å². The van der Waals surface area contributed by atoms with Crippen molar-refractivity contribution < 1.29 is 10.2 Å². The van der Waals surface area contributed by atoms with Crippen molar-refractivity contribution in [2.24, 2.45) is 0 Å². The van der Waals surface area contributed by atoms with Gasteiger partial charge in [0.2, 0.25) is 0 Å². The first-order valence-corrected chi connectivity index (χ1v) is 8.53. The highest BCUT2D eigenvalue weighted by Gasteiger charge is 2.06. The largest absolute Gasteiger partial charge is 0.508 e. The maximum atomic E-state index is 9.60. The molecule has 2 aromatic rings. The summed E-state index contributed by atoms with van der Waals surface area (Å²) < 4.78 is 0. The molecule has 1 aromatic carbocycles. The van der Waals surface area contributed by atoms with Crippen LogP contribution in [0.4, 0.5) is 0 Å². The Kier molecular flexibility index (Phi) is 6.33. The van der Waals surface area contributed by atoms with Gasteiger partial charge in [-0.25, -0.2) is 0 Å². The second-order valence-corrected chi connectivity index (χ2v) is 6.07. The number of aromatic nitrogens is 1. The van der Waals surface area contributed by atoms with E-state index >= 15 is 0 Å². The number of hydrogen-bond donors (Lipinski definition) is 3. The predicted molar refractivity (Wildman–Crippen MR) is 89.8 cm³/mol. The lowest BCUT2D eigenvalue weighted by molar-refractivity contribution is 0.275. The van der Waals surface area contributed by atoms with Crippen LogP contribution in [-0.2, 0) is 13.0 Å². The van der Waals surface area contributed by atoms with Gasteiger partial charge in [-0.3, -0.25) is 0 Å². The van der Waals surface area contributed by atoms with Gasteiger partial charge in [0, 0.05) is 22.8 Å². The van der Waals surface area contributed by atoms with Gasteiger partial charge in [0.25, 0.3) is 0 Å². The molecule has 4 heteroatoms. The summed E-state index contributed by atoms with van der Waals surface area (Å²) in [5, 5.41) is 19.9. The number of nitrogens with one attached hydrogen (secondary N) is 1. The van der Waals surface area contributed by atoms with Crippen molar-refractivity contribution in [3.05, 3.63) is 41.6 Å². The number of aromatic hydroxyl groups is 1. The fourth-order valence-corrected chi connectivity index (χ4v) is 2.80. The first-order valence-electron chi connectivity index (χ1n) is 7.41. The van der Waals surface area contributed by atoms with Gasteiger partial charge in [0.1, 0.15) is 5.75 Å². The number of unbranched alkanes of at least 4 members (excludes halogenated alkanes) is 3. The monoisotopic (exact) mass is 351 g/mol. The molecule has 0 fully saturated rings. The SMILES string of the molecule is OCc1cc(-c2cc(CCCCCCBr)c[nH]2)ccc1O. The molecule has 0 spiro atoms. The maximum absolute atomic E-state index is 9.60. The van der Waals surface area contributed by atoms with E-state index in [4.69, 9.17) is 0 Å². The molecule has 0 atom stereocenters. The molecule has 114 valence electrons. The third-order valence-corrected chi connectivity index (χ3v) is 4.21. The number of aryl methyl sites for hydroxylation is 1. The fourth-order valence-electron chi connectivity index (χ4n) is 2.41. The highest BCUT2D eigenvalue weighted by molar-refractivity contribution is 9.09. The Balaban J connectivity index is 1.96. The van der Waals surface area contributed by atoms with Crippen LogP contribution in [0, 0.1) is 0 Å². The van der Waals surface area contributed by atoms with E-state index in [-0.39, 0.29) is 12.4 Å². The van der Waals surface area contributed by atoms with E-state index in [1.54, 1.807) is 6.07 Å². The standard InChI is InChI=1S/C17H22BrNO2/c18-8-4-2-1-3-5-13-9-16(19-11-13)14-6-7-17(21)15(10-14)12-20/h6-7,9-11,19-21H,1-5,8,12H2. The van der Waals surface area contributed by atoms with Crippen molar-refractivity contribution in [3.8, 4) is 17.0 Å². The fraction of sp³-hybridized carbons (Fsp3) is 0.412. The molecule has 0 aliphatic rings. The van der Waals surface area contributed by atoms with Crippen LogP contribution in [0.15, 0.2) is 30.5 Å². The average Bonchev–Trinajstić information content (AvgIpc) is 2.96. The minimum absolute atomic E-state index is 0.139. The van der Waals surface area contributed by atoms with Crippen molar-refractivity contribution in [1.82, 2.24) is 4.98 Å². The first kappa shape index (κ1) is 16.1. The minimum atomic E-state index is -0.152. The van der Waals surface area contributed by atoms with Crippen LogP contribution >= 0.6 is 15.9 Å². The van der Waals surface area contributed by atoms with Gasteiger partial charge in [0.05, 0.1) is 6.61 Å². The number of H-pyrrole nitrogens is 1. The zero-order valence-corrected chi connectivity index (χ0v) is 13.7. The number of aromatic amines is 1. The number of halogens is 1. The van der Waals surface area contributed by atoms with Gasteiger partial charge >= 0.3 is 0 Å². The van der Waals surface area contributed by atoms with E-state index in [1.165, 1.54) is 31.2 Å². The van der Waals surface area contributed by atoms with Gasteiger partial charge in [-0.15, -0.1) is 0 Å². The molecular weight excluding hydrogens is 330 g/mol. The summed E-state index contributed by atoms with van der Waals surface area (Å²) in [5.74, 6) is 0.139. The van der Waals surface area contributed by atoms with Crippen LogP contribution in [-0.4, -0.2) is 20.5 Å². The van der Waals surface area contributed by atoms with Crippen molar-refractivity contribution >= 4 is 15.9 Å². The minimum Gasteiger partial charge on any atom is -0.508 e. The van der Waals surface area contributed by atoms with Gasteiger partial charge < -0.3 is 15.2 Å². The van der Waals surface area contributed by atoms with Crippen molar-refractivity contribution in [3.63, 3.8) is 0 Å². The Morgan fingerprint density at radius 3 is 2.62 bits per heavy atom. The lowest BCUT2D eigenvalue weighted by atomic mass is 10.1. The third kappa shape index (κ3) is 4.61. The topological polar surface area (TPSA) is 56.2 Å². The molecule has 0 saturated heterocycles. The molecule has 21 heavy (non-hydrogen) atoms. The molecule has 2 rings (SSSR count). The summed E-state index contributed by atoms with van der Waals surface area (Å²) in [6, 6.07) is 7.46. The van der Waals surface area contributed by atoms with Crippen LogP contribution in [0.1, 0.15) is 36.8 Å². The Labute approximate surface area is 134 Å². The highest BCUT2D eigenvalue weighted by atomic mass is 79.9. The number of alkyl halides is 1. The van der Waals surface area contributed by atoms with Crippen LogP contribution in [0.2, 0.25) is 0 Å². The maximum Gasteiger partial charge on any atom is 0.121 e. The van der Waals surface area contributed by atoms with E-state index < -0.39 is 0 Å². The number of phenols is 1. The molecule has 0 aliphatic heterocycles. The summed E-state index contributed by atoms with van der Waals surface area (Å²) in [7, 11) is 0. The van der Waals surface area contributed by atoms with Gasteiger partial charge in [-0.2, -0.15) is 0 Å². The lowest BCUT2D eigenvalue weighted by Crippen LogP contribution is -1.86. The van der Waals surface area contributed by atoms with Crippen LogP contribution < -0.4 is 0 Å². The van der Waals surface area contributed by atoms with Gasteiger partial charge in [0.15, 0.2) is 0 Å². The van der Waals surface area contributed by atoms with E-state index in [1.807, 2.05) is 18.3 Å². The third-order valence-electron chi connectivity index (χ3n) is 3.65. The summed E-state index contributed by atoms with van der Waals surface area (Å²) in [6.45, 7) is -0.152. The van der Waals surface area contributed by atoms with E-state index in [2.05, 4.69) is 27.0 Å². The zero-order valence-electron chi connectivity index (χ0n) is 12.1. The number of rotatable bonds is 8. The Hall–Kier alpha value is -1.26.